The highest BCUT2D eigenvalue weighted by Crippen LogP contribution is 2.35. The zero-order chi connectivity index (χ0) is 15.0. The van der Waals surface area contributed by atoms with Crippen molar-refractivity contribution in [3.8, 4) is 5.75 Å². The fourth-order valence-corrected chi connectivity index (χ4v) is 3.32. The number of amides is 2. The lowest BCUT2D eigenvalue weighted by atomic mass is 10.1. The average Bonchev–Trinajstić information content (AvgIpc) is 3.00. The molecular formula is C14H17N3O3S. The topological polar surface area (TPSA) is 70.7 Å². The van der Waals surface area contributed by atoms with Gasteiger partial charge in [-0.2, -0.15) is 0 Å². The van der Waals surface area contributed by atoms with E-state index in [0.29, 0.717) is 17.1 Å². The summed E-state index contributed by atoms with van der Waals surface area (Å²) >= 11 is 1.70. The molecule has 0 aliphatic carbocycles. The van der Waals surface area contributed by atoms with Crippen LogP contribution in [0, 0.1) is 0 Å². The van der Waals surface area contributed by atoms with Gasteiger partial charge in [0.05, 0.1) is 11.7 Å². The van der Waals surface area contributed by atoms with Gasteiger partial charge in [-0.3, -0.25) is 14.9 Å². The van der Waals surface area contributed by atoms with Crippen molar-refractivity contribution in [2.24, 2.45) is 0 Å². The Labute approximate surface area is 127 Å². The summed E-state index contributed by atoms with van der Waals surface area (Å²) < 4.78 is 5.55. The maximum atomic E-state index is 12.1. The van der Waals surface area contributed by atoms with Crippen LogP contribution in [0.2, 0.25) is 0 Å². The number of hydrogen-bond acceptors (Lipinski definition) is 5. The van der Waals surface area contributed by atoms with Crippen LogP contribution in [0.25, 0.3) is 0 Å². The molecule has 2 atom stereocenters. The Hall–Kier alpha value is -1.73. The second kappa shape index (κ2) is 5.57. The SMILES string of the molecule is CC1Oc2ccc(NC(=O)C3CSCN3)cc2N(C)C1=O. The highest BCUT2D eigenvalue weighted by atomic mass is 32.2. The first kappa shape index (κ1) is 14.2. The molecule has 2 heterocycles. The molecule has 21 heavy (non-hydrogen) atoms. The number of rotatable bonds is 2. The minimum atomic E-state index is -0.484. The number of fused-ring (bicyclic) bond motifs is 1. The molecule has 0 bridgehead atoms. The number of benzene rings is 1. The molecule has 6 nitrogen and oxygen atoms in total. The quantitative estimate of drug-likeness (QED) is 0.854. The van der Waals surface area contributed by atoms with Crippen LogP contribution in [0.3, 0.4) is 0 Å². The molecule has 1 saturated heterocycles. The predicted molar refractivity (Wildman–Crippen MR) is 82.8 cm³/mol. The molecule has 112 valence electrons. The second-order valence-electron chi connectivity index (χ2n) is 5.10. The molecule has 2 unspecified atom stereocenters. The Balaban J connectivity index is 1.79. The van der Waals surface area contributed by atoms with Crippen LogP contribution < -0.4 is 20.3 Å². The number of nitrogens with zero attached hydrogens (tertiary/aromatic N) is 1. The minimum Gasteiger partial charge on any atom is -0.479 e. The van der Waals surface area contributed by atoms with E-state index in [1.807, 2.05) is 0 Å². The van der Waals surface area contributed by atoms with Gasteiger partial charge in [0.2, 0.25) is 5.91 Å². The maximum absolute atomic E-state index is 12.1. The van der Waals surface area contributed by atoms with Crippen LogP contribution in [-0.4, -0.2) is 42.6 Å². The molecule has 1 aromatic carbocycles. The fraction of sp³-hybridized carbons (Fsp3) is 0.429. The van der Waals surface area contributed by atoms with Gasteiger partial charge in [0.1, 0.15) is 5.75 Å². The zero-order valence-electron chi connectivity index (χ0n) is 11.9. The van der Waals surface area contributed by atoms with Gasteiger partial charge in [-0.15, -0.1) is 11.8 Å². The van der Waals surface area contributed by atoms with Crippen LogP contribution in [0.1, 0.15) is 6.92 Å². The third-order valence-corrected chi connectivity index (χ3v) is 4.54. The Morgan fingerprint density at radius 3 is 3.05 bits per heavy atom. The molecule has 2 aliphatic heterocycles. The Morgan fingerprint density at radius 2 is 2.33 bits per heavy atom. The van der Waals surface area contributed by atoms with Crippen molar-refractivity contribution >= 4 is 35.0 Å². The van der Waals surface area contributed by atoms with Crippen molar-refractivity contribution in [1.82, 2.24) is 5.32 Å². The lowest BCUT2D eigenvalue weighted by Crippen LogP contribution is -2.42. The minimum absolute atomic E-state index is 0.0565. The number of nitrogens with one attached hydrogen (secondary N) is 2. The number of ether oxygens (including phenoxy) is 1. The first-order chi connectivity index (χ1) is 10.1. The number of hydrogen-bond donors (Lipinski definition) is 2. The molecule has 0 aromatic heterocycles. The predicted octanol–water partition coefficient (Wildman–Crippen LogP) is 1.03. The molecule has 2 amide bonds. The van der Waals surface area contributed by atoms with E-state index >= 15 is 0 Å². The van der Waals surface area contributed by atoms with Crippen LogP contribution in [0.15, 0.2) is 18.2 Å². The largest absolute Gasteiger partial charge is 0.479 e. The van der Waals surface area contributed by atoms with Crippen molar-refractivity contribution in [3.63, 3.8) is 0 Å². The summed E-state index contributed by atoms with van der Waals surface area (Å²) in [5.41, 5.74) is 1.33. The molecule has 3 rings (SSSR count). The third kappa shape index (κ3) is 2.71. The van der Waals surface area contributed by atoms with Crippen LogP contribution >= 0.6 is 11.8 Å². The van der Waals surface area contributed by atoms with E-state index in [0.717, 1.165) is 11.6 Å². The molecule has 1 fully saturated rings. The molecule has 0 radical (unpaired) electrons. The van der Waals surface area contributed by atoms with Crippen molar-refractivity contribution in [1.29, 1.82) is 0 Å². The standard InChI is InChI=1S/C14H17N3O3S/c1-8-14(19)17(2)11-5-9(3-4-12(11)20-8)16-13(18)10-6-21-7-15-10/h3-5,8,10,15H,6-7H2,1-2H3,(H,16,18). The van der Waals surface area contributed by atoms with E-state index in [4.69, 9.17) is 4.74 Å². The molecule has 0 spiro atoms. The number of anilines is 2. The number of likely N-dealkylation sites (N-methyl/N-ethyl adjacent to an activating group) is 1. The summed E-state index contributed by atoms with van der Waals surface area (Å²) in [6.07, 6.45) is -0.484. The molecule has 0 saturated carbocycles. The zero-order valence-corrected chi connectivity index (χ0v) is 12.7. The van der Waals surface area contributed by atoms with Gasteiger partial charge in [-0.1, -0.05) is 0 Å². The summed E-state index contributed by atoms with van der Waals surface area (Å²) in [7, 11) is 1.71. The number of thioether (sulfide) groups is 1. The van der Waals surface area contributed by atoms with Crippen molar-refractivity contribution < 1.29 is 14.3 Å². The second-order valence-corrected chi connectivity index (χ2v) is 6.13. The number of carbonyl (C=O) groups is 2. The van der Waals surface area contributed by atoms with Gasteiger partial charge < -0.3 is 15.0 Å². The van der Waals surface area contributed by atoms with E-state index in [1.54, 1.807) is 48.8 Å². The van der Waals surface area contributed by atoms with Gasteiger partial charge in [0.15, 0.2) is 6.10 Å². The van der Waals surface area contributed by atoms with E-state index < -0.39 is 6.10 Å². The van der Waals surface area contributed by atoms with Crippen LogP contribution in [-0.2, 0) is 9.59 Å². The Kier molecular flexibility index (Phi) is 3.77. The lowest BCUT2D eigenvalue weighted by Gasteiger charge is -2.30. The van der Waals surface area contributed by atoms with Crippen molar-refractivity contribution in [2.45, 2.75) is 19.1 Å². The molecular weight excluding hydrogens is 290 g/mol. The fourth-order valence-electron chi connectivity index (χ4n) is 2.38. The third-order valence-electron chi connectivity index (χ3n) is 3.60. The van der Waals surface area contributed by atoms with Crippen molar-refractivity contribution in [3.05, 3.63) is 18.2 Å². The molecule has 2 N–H and O–H groups in total. The Bertz CT molecular complexity index is 587. The van der Waals surface area contributed by atoms with Crippen LogP contribution in [0.5, 0.6) is 5.75 Å². The van der Waals surface area contributed by atoms with Gasteiger partial charge in [0, 0.05) is 24.4 Å². The van der Waals surface area contributed by atoms with E-state index in [1.165, 1.54) is 0 Å². The maximum Gasteiger partial charge on any atom is 0.267 e. The summed E-state index contributed by atoms with van der Waals surface area (Å²) in [6, 6.07) is 5.16. The summed E-state index contributed by atoms with van der Waals surface area (Å²) in [5, 5.41) is 5.99. The first-order valence-corrected chi connectivity index (χ1v) is 7.92. The van der Waals surface area contributed by atoms with Gasteiger partial charge in [0.25, 0.3) is 5.91 Å². The molecule has 1 aromatic rings. The monoisotopic (exact) mass is 307 g/mol. The normalized spacial score (nSPS) is 24.5. The molecule has 7 heteroatoms. The first-order valence-electron chi connectivity index (χ1n) is 6.76. The summed E-state index contributed by atoms with van der Waals surface area (Å²) in [4.78, 5) is 25.6. The highest BCUT2D eigenvalue weighted by molar-refractivity contribution is 7.99. The Morgan fingerprint density at radius 1 is 1.52 bits per heavy atom. The summed E-state index contributed by atoms with van der Waals surface area (Å²) in [5.74, 6) is 2.07. The van der Waals surface area contributed by atoms with Gasteiger partial charge in [-0.25, -0.2) is 0 Å². The van der Waals surface area contributed by atoms with Crippen molar-refractivity contribution in [2.75, 3.05) is 28.9 Å². The molecule has 2 aliphatic rings. The number of carbonyl (C=O) groups excluding carboxylic acids is 2. The smallest absolute Gasteiger partial charge is 0.267 e. The highest BCUT2D eigenvalue weighted by Gasteiger charge is 2.29. The van der Waals surface area contributed by atoms with E-state index in [-0.39, 0.29) is 17.9 Å². The van der Waals surface area contributed by atoms with E-state index in [2.05, 4.69) is 10.6 Å². The lowest BCUT2D eigenvalue weighted by molar-refractivity contribution is -0.125. The van der Waals surface area contributed by atoms with Gasteiger partial charge in [-0.05, 0) is 25.1 Å². The van der Waals surface area contributed by atoms with Gasteiger partial charge >= 0.3 is 0 Å². The summed E-state index contributed by atoms with van der Waals surface area (Å²) in [6.45, 7) is 1.72. The average molecular weight is 307 g/mol. The van der Waals surface area contributed by atoms with Crippen LogP contribution in [0.4, 0.5) is 11.4 Å². The van der Waals surface area contributed by atoms with E-state index in [9.17, 15) is 9.59 Å².